The van der Waals surface area contributed by atoms with Crippen LogP contribution in [0.2, 0.25) is 5.02 Å². The van der Waals surface area contributed by atoms with Crippen molar-refractivity contribution in [1.82, 2.24) is 10.2 Å². The van der Waals surface area contributed by atoms with Crippen LogP contribution in [0.5, 0.6) is 5.75 Å². The molecular formula is C14H21ClN2O2. The van der Waals surface area contributed by atoms with Crippen LogP contribution < -0.4 is 5.32 Å². The molecular weight excluding hydrogens is 264 g/mol. The molecule has 4 nitrogen and oxygen atoms in total. The largest absolute Gasteiger partial charge is 0.508 e. The van der Waals surface area contributed by atoms with Crippen LogP contribution in [0, 0.1) is 0 Å². The summed E-state index contributed by atoms with van der Waals surface area (Å²) in [5, 5.41) is 13.4. The number of hydrogen-bond acceptors (Lipinski definition) is 3. The lowest BCUT2D eigenvalue weighted by atomic mass is 10.2. The Morgan fingerprint density at radius 1 is 1.42 bits per heavy atom. The molecule has 0 aliphatic rings. The first-order valence-corrected chi connectivity index (χ1v) is 6.86. The van der Waals surface area contributed by atoms with Crippen molar-refractivity contribution in [2.24, 2.45) is 0 Å². The van der Waals surface area contributed by atoms with Crippen molar-refractivity contribution in [1.29, 1.82) is 0 Å². The zero-order valence-corrected chi connectivity index (χ0v) is 12.4. The molecule has 1 unspecified atom stereocenters. The fourth-order valence-corrected chi connectivity index (χ4v) is 2.05. The number of nitrogens with zero attached hydrogens (tertiary/aromatic N) is 1. The van der Waals surface area contributed by atoms with E-state index in [1.54, 1.807) is 23.1 Å². The molecule has 1 amide bonds. The zero-order valence-electron chi connectivity index (χ0n) is 11.6. The second kappa shape index (κ2) is 7.36. The van der Waals surface area contributed by atoms with Crippen LogP contribution in [-0.4, -0.2) is 35.0 Å². The van der Waals surface area contributed by atoms with Crippen molar-refractivity contribution in [3.63, 3.8) is 0 Å². The Bertz CT molecular complexity index is 433. The molecule has 0 saturated carbocycles. The van der Waals surface area contributed by atoms with E-state index in [9.17, 15) is 9.90 Å². The van der Waals surface area contributed by atoms with E-state index in [1.165, 1.54) is 0 Å². The highest BCUT2D eigenvalue weighted by atomic mass is 35.5. The summed E-state index contributed by atoms with van der Waals surface area (Å²) in [4.78, 5) is 13.8. The van der Waals surface area contributed by atoms with Gasteiger partial charge in [-0.25, -0.2) is 0 Å². The molecule has 19 heavy (non-hydrogen) atoms. The van der Waals surface area contributed by atoms with Crippen molar-refractivity contribution in [3.05, 3.63) is 28.8 Å². The highest BCUT2D eigenvalue weighted by Gasteiger charge is 2.17. The number of phenols is 1. The fraction of sp³-hybridized carbons (Fsp3) is 0.500. The maximum Gasteiger partial charge on any atom is 0.239 e. The van der Waals surface area contributed by atoms with Crippen molar-refractivity contribution in [2.75, 3.05) is 13.1 Å². The number of aromatic hydroxyl groups is 1. The smallest absolute Gasteiger partial charge is 0.239 e. The summed E-state index contributed by atoms with van der Waals surface area (Å²) in [6, 6.07) is 4.58. The van der Waals surface area contributed by atoms with Gasteiger partial charge in [-0.1, -0.05) is 11.6 Å². The SMILES string of the molecule is CCN(CC)C(=O)C(C)NCc1cc(Cl)ccc1O. The lowest BCUT2D eigenvalue weighted by molar-refractivity contribution is -0.132. The number of likely N-dealkylation sites (N-methyl/N-ethyl adjacent to an activating group) is 1. The number of amides is 1. The minimum atomic E-state index is -0.293. The molecule has 0 saturated heterocycles. The molecule has 0 bridgehead atoms. The molecule has 0 heterocycles. The molecule has 0 radical (unpaired) electrons. The first kappa shape index (κ1) is 15.8. The molecule has 0 spiro atoms. The number of nitrogens with one attached hydrogen (secondary N) is 1. The minimum absolute atomic E-state index is 0.0616. The molecule has 1 aromatic rings. The van der Waals surface area contributed by atoms with Gasteiger partial charge in [0.2, 0.25) is 5.91 Å². The van der Waals surface area contributed by atoms with Crippen LogP contribution in [0.1, 0.15) is 26.3 Å². The lowest BCUT2D eigenvalue weighted by Gasteiger charge is -2.23. The number of phenolic OH excluding ortho intramolecular Hbond substituents is 1. The van der Waals surface area contributed by atoms with Crippen LogP contribution in [0.3, 0.4) is 0 Å². The van der Waals surface area contributed by atoms with Gasteiger partial charge < -0.3 is 15.3 Å². The van der Waals surface area contributed by atoms with Crippen molar-refractivity contribution in [2.45, 2.75) is 33.4 Å². The van der Waals surface area contributed by atoms with Gasteiger partial charge in [0.05, 0.1) is 6.04 Å². The van der Waals surface area contributed by atoms with Crippen molar-refractivity contribution in [3.8, 4) is 5.75 Å². The first-order valence-electron chi connectivity index (χ1n) is 6.49. The molecule has 0 aliphatic heterocycles. The average molecular weight is 285 g/mol. The van der Waals surface area contributed by atoms with Gasteiger partial charge in [0.25, 0.3) is 0 Å². The van der Waals surface area contributed by atoms with Gasteiger partial charge in [-0.3, -0.25) is 4.79 Å². The minimum Gasteiger partial charge on any atom is -0.508 e. The highest BCUT2D eigenvalue weighted by molar-refractivity contribution is 6.30. The number of carbonyl (C=O) groups is 1. The Kier molecular flexibility index (Phi) is 6.12. The maximum absolute atomic E-state index is 12.1. The van der Waals surface area contributed by atoms with E-state index in [0.717, 1.165) is 0 Å². The van der Waals surface area contributed by atoms with Gasteiger partial charge in [-0.05, 0) is 39.0 Å². The third-order valence-corrected chi connectivity index (χ3v) is 3.32. The summed E-state index contributed by atoms with van der Waals surface area (Å²) in [6.07, 6.45) is 0. The highest BCUT2D eigenvalue weighted by Crippen LogP contribution is 2.21. The lowest BCUT2D eigenvalue weighted by Crippen LogP contribution is -2.44. The van der Waals surface area contributed by atoms with E-state index in [0.29, 0.717) is 30.2 Å². The average Bonchev–Trinajstić information content (AvgIpc) is 2.40. The van der Waals surface area contributed by atoms with Crippen LogP contribution in [-0.2, 0) is 11.3 Å². The van der Waals surface area contributed by atoms with E-state index >= 15 is 0 Å². The van der Waals surface area contributed by atoms with Gasteiger partial charge in [0, 0.05) is 30.2 Å². The molecule has 0 aliphatic carbocycles. The zero-order chi connectivity index (χ0) is 14.4. The predicted molar refractivity (Wildman–Crippen MR) is 77.3 cm³/mol. The van der Waals surface area contributed by atoms with Gasteiger partial charge in [-0.15, -0.1) is 0 Å². The number of benzene rings is 1. The Labute approximate surface area is 119 Å². The first-order chi connectivity index (χ1) is 8.99. The van der Waals surface area contributed by atoms with E-state index in [-0.39, 0.29) is 17.7 Å². The molecule has 1 rings (SSSR count). The summed E-state index contributed by atoms with van der Waals surface area (Å²) < 4.78 is 0. The molecule has 2 N–H and O–H groups in total. The Balaban J connectivity index is 2.61. The molecule has 0 fully saturated rings. The predicted octanol–water partition coefficient (Wildman–Crippen LogP) is 2.39. The summed E-state index contributed by atoms with van der Waals surface area (Å²) in [6.45, 7) is 7.53. The normalized spacial score (nSPS) is 12.2. The monoisotopic (exact) mass is 284 g/mol. The summed E-state index contributed by atoms with van der Waals surface area (Å²) >= 11 is 5.88. The molecule has 5 heteroatoms. The van der Waals surface area contributed by atoms with Crippen LogP contribution >= 0.6 is 11.6 Å². The van der Waals surface area contributed by atoms with Crippen LogP contribution in [0.4, 0.5) is 0 Å². The van der Waals surface area contributed by atoms with Crippen LogP contribution in [0.15, 0.2) is 18.2 Å². The molecule has 0 aromatic heterocycles. The Hall–Kier alpha value is -1.26. The quantitative estimate of drug-likeness (QED) is 0.843. The Morgan fingerprint density at radius 2 is 2.05 bits per heavy atom. The van der Waals surface area contributed by atoms with Gasteiger partial charge in [-0.2, -0.15) is 0 Å². The topological polar surface area (TPSA) is 52.6 Å². The fourth-order valence-electron chi connectivity index (χ4n) is 1.86. The number of hydrogen-bond donors (Lipinski definition) is 2. The summed E-state index contributed by atoms with van der Waals surface area (Å²) in [5.41, 5.74) is 0.687. The summed E-state index contributed by atoms with van der Waals surface area (Å²) in [7, 11) is 0. The summed E-state index contributed by atoms with van der Waals surface area (Å²) in [5.74, 6) is 0.242. The van der Waals surface area contributed by atoms with Crippen LogP contribution in [0.25, 0.3) is 0 Å². The van der Waals surface area contributed by atoms with Gasteiger partial charge >= 0.3 is 0 Å². The molecule has 1 aromatic carbocycles. The third kappa shape index (κ3) is 4.40. The standard InChI is InChI=1S/C14H21ClN2O2/c1-4-17(5-2)14(19)10(3)16-9-11-8-12(15)6-7-13(11)18/h6-8,10,16,18H,4-5,9H2,1-3H3. The van der Waals surface area contributed by atoms with Crippen molar-refractivity contribution >= 4 is 17.5 Å². The van der Waals surface area contributed by atoms with Crippen molar-refractivity contribution < 1.29 is 9.90 Å². The number of carbonyl (C=O) groups excluding carboxylic acids is 1. The molecule has 106 valence electrons. The number of halogens is 1. The maximum atomic E-state index is 12.1. The van der Waals surface area contributed by atoms with Gasteiger partial charge in [0.15, 0.2) is 0 Å². The van der Waals surface area contributed by atoms with Gasteiger partial charge in [0.1, 0.15) is 5.75 Å². The van der Waals surface area contributed by atoms with E-state index in [4.69, 9.17) is 11.6 Å². The second-order valence-electron chi connectivity index (χ2n) is 4.39. The van der Waals surface area contributed by atoms with E-state index in [1.807, 2.05) is 20.8 Å². The second-order valence-corrected chi connectivity index (χ2v) is 4.82. The number of rotatable bonds is 6. The molecule has 1 atom stereocenters. The Morgan fingerprint density at radius 3 is 2.63 bits per heavy atom. The van der Waals surface area contributed by atoms with E-state index < -0.39 is 0 Å². The third-order valence-electron chi connectivity index (χ3n) is 3.09. The van der Waals surface area contributed by atoms with E-state index in [2.05, 4.69) is 5.32 Å².